The standard InChI is InChI=1S/C20H19N5S2/c1-2-18-22-17(13-26-18)14-27-20-24-23-19(16-9-6-10-21-11-16)25(20)12-15-7-4-3-5-8-15/h3-11,13H,2,12,14H2,1H3. The SMILES string of the molecule is CCc1nc(CSc2nnc(-c3cccnc3)n2Cc2ccccc2)cs1. The van der Waals surface area contributed by atoms with E-state index >= 15 is 0 Å². The number of hydrogen-bond acceptors (Lipinski definition) is 6. The van der Waals surface area contributed by atoms with Crippen molar-refractivity contribution in [1.29, 1.82) is 0 Å². The molecule has 5 nitrogen and oxygen atoms in total. The van der Waals surface area contributed by atoms with Crippen LogP contribution in [0.4, 0.5) is 0 Å². The van der Waals surface area contributed by atoms with Gasteiger partial charge in [0, 0.05) is 29.1 Å². The molecule has 0 aliphatic rings. The van der Waals surface area contributed by atoms with Gasteiger partial charge in [0.05, 0.1) is 17.2 Å². The van der Waals surface area contributed by atoms with Gasteiger partial charge < -0.3 is 0 Å². The summed E-state index contributed by atoms with van der Waals surface area (Å²) in [4.78, 5) is 8.88. The lowest BCUT2D eigenvalue weighted by molar-refractivity contribution is 0.714. The van der Waals surface area contributed by atoms with Crippen LogP contribution >= 0.6 is 23.1 Å². The molecule has 0 radical (unpaired) electrons. The van der Waals surface area contributed by atoms with Crippen molar-refractivity contribution < 1.29 is 0 Å². The summed E-state index contributed by atoms with van der Waals surface area (Å²) in [5, 5.41) is 13.1. The first-order valence-electron chi connectivity index (χ1n) is 8.77. The summed E-state index contributed by atoms with van der Waals surface area (Å²) < 4.78 is 2.16. The lowest BCUT2D eigenvalue weighted by Gasteiger charge is -2.10. The molecule has 4 rings (SSSR count). The Labute approximate surface area is 166 Å². The Morgan fingerprint density at radius 2 is 1.96 bits per heavy atom. The molecule has 3 aromatic heterocycles. The van der Waals surface area contributed by atoms with Crippen LogP contribution in [0.5, 0.6) is 0 Å². The molecule has 0 saturated heterocycles. The second-order valence-corrected chi connectivity index (χ2v) is 7.88. The Morgan fingerprint density at radius 1 is 1.07 bits per heavy atom. The Morgan fingerprint density at radius 3 is 2.70 bits per heavy atom. The maximum atomic E-state index is 4.65. The molecule has 1 aromatic carbocycles. The summed E-state index contributed by atoms with van der Waals surface area (Å²) in [6.45, 7) is 2.85. The highest BCUT2D eigenvalue weighted by atomic mass is 32.2. The zero-order chi connectivity index (χ0) is 18.5. The summed E-state index contributed by atoms with van der Waals surface area (Å²) >= 11 is 3.39. The third kappa shape index (κ3) is 4.26. The van der Waals surface area contributed by atoms with Gasteiger partial charge in [-0.3, -0.25) is 9.55 Å². The molecule has 0 N–H and O–H groups in total. The van der Waals surface area contributed by atoms with Crippen molar-refractivity contribution >= 4 is 23.1 Å². The second-order valence-electron chi connectivity index (χ2n) is 5.99. The Kier molecular flexibility index (Phi) is 5.60. The van der Waals surface area contributed by atoms with Crippen molar-refractivity contribution in [2.75, 3.05) is 0 Å². The average Bonchev–Trinajstić information content (AvgIpc) is 3.35. The Balaban J connectivity index is 1.63. The first-order valence-corrected chi connectivity index (χ1v) is 10.6. The van der Waals surface area contributed by atoms with Crippen LogP contribution in [0.1, 0.15) is 23.2 Å². The molecule has 0 aliphatic heterocycles. The number of hydrogen-bond donors (Lipinski definition) is 0. The first kappa shape index (κ1) is 17.9. The Bertz CT molecular complexity index is 996. The van der Waals surface area contributed by atoms with Gasteiger partial charge in [0.25, 0.3) is 0 Å². The van der Waals surface area contributed by atoms with E-state index in [-0.39, 0.29) is 0 Å². The molecule has 0 bridgehead atoms. The quantitative estimate of drug-likeness (QED) is 0.426. The van der Waals surface area contributed by atoms with Crippen molar-refractivity contribution in [3.05, 3.63) is 76.5 Å². The van der Waals surface area contributed by atoms with E-state index in [1.807, 2.05) is 24.4 Å². The topological polar surface area (TPSA) is 56.5 Å². The fraction of sp³-hybridized carbons (Fsp3) is 0.200. The van der Waals surface area contributed by atoms with Gasteiger partial charge in [-0.2, -0.15) is 0 Å². The highest BCUT2D eigenvalue weighted by Gasteiger charge is 2.15. The minimum Gasteiger partial charge on any atom is -0.297 e. The zero-order valence-electron chi connectivity index (χ0n) is 14.9. The number of benzene rings is 1. The van der Waals surface area contributed by atoms with Gasteiger partial charge in [-0.25, -0.2) is 4.98 Å². The van der Waals surface area contributed by atoms with Crippen LogP contribution in [0.15, 0.2) is 65.4 Å². The van der Waals surface area contributed by atoms with E-state index in [1.165, 1.54) is 10.6 Å². The van der Waals surface area contributed by atoms with Gasteiger partial charge in [-0.1, -0.05) is 49.0 Å². The molecule has 0 atom stereocenters. The lowest BCUT2D eigenvalue weighted by Crippen LogP contribution is -2.04. The maximum Gasteiger partial charge on any atom is 0.192 e. The molecule has 7 heteroatoms. The minimum atomic E-state index is 0.720. The van der Waals surface area contributed by atoms with E-state index in [0.29, 0.717) is 0 Å². The average molecular weight is 394 g/mol. The molecule has 0 saturated carbocycles. The highest BCUT2D eigenvalue weighted by Crippen LogP contribution is 2.27. The van der Waals surface area contributed by atoms with E-state index in [1.54, 1.807) is 29.3 Å². The summed E-state index contributed by atoms with van der Waals surface area (Å²) in [7, 11) is 0. The van der Waals surface area contributed by atoms with Crippen LogP contribution in [0.2, 0.25) is 0 Å². The fourth-order valence-corrected chi connectivity index (χ4v) is 4.41. The molecule has 0 aliphatic carbocycles. The number of thioether (sulfide) groups is 1. The molecule has 0 unspecified atom stereocenters. The molecule has 4 aromatic rings. The van der Waals surface area contributed by atoms with Crippen LogP contribution < -0.4 is 0 Å². The maximum absolute atomic E-state index is 4.65. The van der Waals surface area contributed by atoms with Crippen molar-refractivity contribution in [3.63, 3.8) is 0 Å². The number of nitrogens with zero attached hydrogens (tertiary/aromatic N) is 5. The predicted octanol–water partition coefficient (Wildman–Crippen LogP) is 4.70. The molecular weight excluding hydrogens is 374 g/mol. The molecule has 0 fully saturated rings. The zero-order valence-corrected chi connectivity index (χ0v) is 16.6. The number of aryl methyl sites for hydroxylation is 1. The normalized spacial score (nSPS) is 11.0. The number of pyridine rings is 1. The van der Waals surface area contributed by atoms with E-state index < -0.39 is 0 Å². The Hall–Kier alpha value is -2.51. The van der Waals surface area contributed by atoms with Gasteiger partial charge >= 0.3 is 0 Å². The van der Waals surface area contributed by atoms with Crippen LogP contribution in [-0.4, -0.2) is 24.7 Å². The smallest absolute Gasteiger partial charge is 0.192 e. The van der Waals surface area contributed by atoms with E-state index in [2.05, 4.69) is 61.3 Å². The van der Waals surface area contributed by atoms with Crippen molar-refractivity contribution in [1.82, 2.24) is 24.7 Å². The van der Waals surface area contributed by atoms with Gasteiger partial charge in [0.15, 0.2) is 11.0 Å². The monoisotopic (exact) mass is 393 g/mol. The molecule has 0 amide bonds. The third-order valence-electron chi connectivity index (χ3n) is 4.07. The van der Waals surface area contributed by atoms with Gasteiger partial charge in [-0.05, 0) is 24.1 Å². The lowest BCUT2D eigenvalue weighted by atomic mass is 10.2. The van der Waals surface area contributed by atoms with Crippen molar-refractivity contribution in [2.45, 2.75) is 30.8 Å². The van der Waals surface area contributed by atoms with Crippen LogP contribution in [0.25, 0.3) is 11.4 Å². The first-order chi connectivity index (χ1) is 13.3. The summed E-state index contributed by atoms with van der Waals surface area (Å²) in [5.74, 6) is 1.62. The molecule has 3 heterocycles. The second kappa shape index (κ2) is 8.45. The molecule has 136 valence electrons. The molecular formula is C20H19N5S2. The molecule has 0 spiro atoms. The summed E-state index contributed by atoms with van der Waals surface area (Å²) in [5.41, 5.74) is 3.28. The van der Waals surface area contributed by atoms with Gasteiger partial charge in [0.1, 0.15) is 0 Å². The number of aromatic nitrogens is 5. The van der Waals surface area contributed by atoms with Crippen molar-refractivity contribution in [3.8, 4) is 11.4 Å². The predicted molar refractivity (Wildman–Crippen MR) is 110 cm³/mol. The van der Waals surface area contributed by atoms with Crippen LogP contribution in [0.3, 0.4) is 0 Å². The fourth-order valence-electron chi connectivity index (χ4n) is 2.73. The summed E-state index contributed by atoms with van der Waals surface area (Å²) in [6, 6.07) is 14.3. The largest absolute Gasteiger partial charge is 0.297 e. The van der Waals surface area contributed by atoms with Gasteiger partial charge in [0.2, 0.25) is 0 Å². The summed E-state index contributed by atoms with van der Waals surface area (Å²) in [6.07, 6.45) is 4.57. The number of thiazole rings is 1. The van der Waals surface area contributed by atoms with Crippen LogP contribution in [-0.2, 0) is 18.7 Å². The van der Waals surface area contributed by atoms with Crippen LogP contribution in [0, 0.1) is 0 Å². The number of rotatable bonds is 7. The van der Waals surface area contributed by atoms with Crippen molar-refractivity contribution in [2.24, 2.45) is 0 Å². The van der Waals surface area contributed by atoms with E-state index in [9.17, 15) is 0 Å². The van der Waals surface area contributed by atoms with E-state index in [0.717, 1.165) is 41.0 Å². The van der Waals surface area contributed by atoms with Gasteiger partial charge in [-0.15, -0.1) is 21.5 Å². The highest BCUT2D eigenvalue weighted by molar-refractivity contribution is 7.98. The minimum absolute atomic E-state index is 0.720. The van der Waals surface area contributed by atoms with E-state index in [4.69, 9.17) is 0 Å². The third-order valence-corrected chi connectivity index (χ3v) is 6.11. The molecule has 27 heavy (non-hydrogen) atoms.